The van der Waals surface area contributed by atoms with Crippen molar-refractivity contribution in [1.82, 2.24) is 10.6 Å². The molecule has 0 aromatic heterocycles. The highest BCUT2D eigenvalue weighted by Gasteiger charge is 2.32. The molecule has 0 heterocycles. The summed E-state index contributed by atoms with van der Waals surface area (Å²) >= 11 is 0. The molecule has 0 spiro atoms. The number of carbonyl (C=O) groups is 2. The Morgan fingerprint density at radius 1 is 1.29 bits per heavy atom. The van der Waals surface area contributed by atoms with Gasteiger partial charge >= 0.3 is 0 Å². The van der Waals surface area contributed by atoms with Crippen molar-refractivity contribution in [2.45, 2.75) is 44.9 Å². The number of aliphatic hydroxyl groups is 1. The minimum atomic E-state index is -0.603. The fraction of sp³-hybridized carbons (Fsp3) is 0.500. The van der Waals surface area contributed by atoms with E-state index in [0.717, 1.165) is 12.0 Å². The normalized spacial score (nSPS) is 22.6. The number of hydrogen-bond donors (Lipinski definition) is 3. The van der Waals surface area contributed by atoms with Crippen molar-refractivity contribution in [3.8, 4) is 0 Å². The monoisotopic (exact) mass is 290 g/mol. The zero-order valence-electron chi connectivity index (χ0n) is 12.2. The van der Waals surface area contributed by atoms with E-state index < -0.39 is 12.1 Å². The minimum absolute atomic E-state index is 0.223. The maximum Gasteiger partial charge on any atom is 0.242 e. The average molecular weight is 290 g/mol. The van der Waals surface area contributed by atoms with Gasteiger partial charge in [-0.05, 0) is 31.7 Å². The Morgan fingerprint density at radius 2 is 2.00 bits per heavy atom. The van der Waals surface area contributed by atoms with Crippen LogP contribution in [-0.4, -0.2) is 29.1 Å². The number of benzene rings is 1. The number of hydrogen-bond acceptors (Lipinski definition) is 3. The summed E-state index contributed by atoms with van der Waals surface area (Å²) in [4.78, 5) is 24.0. The predicted molar refractivity (Wildman–Crippen MR) is 79.2 cm³/mol. The lowest BCUT2D eigenvalue weighted by Crippen LogP contribution is -2.47. The van der Waals surface area contributed by atoms with Crippen molar-refractivity contribution in [2.75, 3.05) is 0 Å². The minimum Gasteiger partial charge on any atom is -0.392 e. The number of carbonyl (C=O) groups excluding carboxylic acids is 2. The first-order valence-electron chi connectivity index (χ1n) is 7.38. The summed E-state index contributed by atoms with van der Waals surface area (Å²) in [6.45, 7) is 2.09. The standard InChI is InChI=1S/C16H22N2O3/c1-11(18-16(21)13-8-5-9-14(13)19)15(20)17-10-12-6-3-2-4-7-12/h2-4,6-7,11,13-14,19H,5,8-10H2,1H3,(H,17,20)(H,18,21). The summed E-state index contributed by atoms with van der Waals surface area (Å²) in [5.74, 6) is -0.837. The van der Waals surface area contributed by atoms with E-state index >= 15 is 0 Å². The third-order valence-corrected chi connectivity index (χ3v) is 3.88. The number of aliphatic hydroxyl groups excluding tert-OH is 1. The van der Waals surface area contributed by atoms with Crippen LogP contribution in [0.5, 0.6) is 0 Å². The van der Waals surface area contributed by atoms with Gasteiger partial charge in [0.05, 0.1) is 12.0 Å². The van der Waals surface area contributed by atoms with Gasteiger partial charge < -0.3 is 15.7 Å². The summed E-state index contributed by atoms with van der Waals surface area (Å²) in [5, 5.41) is 15.2. The third kappa shape index (κ3) is 4.29. The van der Waals surface area contributed by atoms with Crippen LogP contribution in [0.1, 0.15) is 31.7 Å². The molecule has 5 nitrogen and oxygen atoms in total. The Balaban J connectivity index is 1.78. The summed E-state index contributed by atoms with van der Waals surface area (Å²) in [7, 11) is 0. The molecule has 1 aliphatic carbocycles. The van der Waals surface area contributed by atoms with E-state index in [4.69, 9.17) is 0 Å². The first-order chi connectivity index (χ1) is 10.1. The van der Waals surface area contributed by atoms with Gasteiger partial charge in [0, 0.05) is 6.54 Å². The second-order valence-electron chi connectivity index (χ2n) is 5.54. The Kier molecular flexibility index (Phi) is 5.33. The Labute approximate surface area is 124 Å². The van der Waals surface area contributed by atoms with E-state index in [1.807, 2.05) is 30.3 Å². The highest BCUT2D eigenvalue weighted by molar-refractivity contribution is 5.88. The van der Waals surface area contributed by atoms with Crippen molar-refractivity contribution in [2.24, 2.45) is 5.92 Å². The van der Waals surface area contributed by atoms with Crippen LogP contribution in [0.15, 0.2) is 30.3 Å². The van der Waals surface area contributed by atoms with Crippen LogP contribution < -0.4 is 10.6 Å². The van der Waals surface area contributed by atoms with Gasteiger partial charge in [-0.15, -0.1) is 0 Å². The first-order valence-corrected chi connectivity index (χ1v) is 7.38. The molecule has 0 radical (unpaired) electrons. The Bertz CT molecular complexity index is 490. The van der Waals surface area contributed by atoms with E-state index in [-0.39, 0.29) is 17.7 Å². The van der Waals surface area contributed by atoms with Crippen LogP contribution >= 0.6 is 0 Å². The molecule has 3 N–H and O–H groups in total. The van der Waals surface area contributed by atoms with Crippen molar-refractivity contribution in [3.63, 3.8) is 0 Å². The number of rotatable bonds is 5. The molecular weight excluding hydrogens is 268 g/mol. The van der Waals surface area contributed by atoms with Crippen molar-refractivity contribution in [1.29, 1.82) is 0 Å². The van der Waals surface area contributed by atoms with Gasteiger partial charge in [0.2, 0.25) is 11.8 Å². The highest BCUT2D eigenvalue weighted by atomic mass is 16.3. The van der Waals surface area contributed by atoms with Gasteiger partial charge in [0.1, 0.15) is 6.04 Å². The zero-order valence-corrected chi connectivity index (χ0v) is 12.2. The van der Waals surface area contributed by atoms with Crippen LogP contribution in [0.4, 0.5) is 0 Å². The van der Waals surface area contributed by atoms with Gasteiger partial charge in [-0.1, -0.05) is 30.3 Å². The Hall–Kier alpha value is -1.88. The van der Waals surface area contributed by atoms with Gasteiger partial charge in [-0.25, -0.2) is 0 Å². The molecule has 21 heavy (non-hydrogen) atoms. The van der Waals surface area contributed by atoms with Crippen LogP contribution in [0.2, 0.25) is 0 Å². The number of amides is 2. The van der Waals surface area contributed by atoms with E-state index in [0.29, 0.717) is 19.4 Å². The van der Waals surface area contributed by atoms with Gasteiger partial charge in [-0.3, -0.25) is 9.59 Å². The SMILES string of the molecule is CC(NC(=O)C1CCCC1O)C(=O)NCc1ccccc1. The molecule has 1 aliphatic rings. The fourth-order valence-corrected chi connectivity index (χ4v) is 2.57. The average Bonchev–Trinajstić information content (AvgIpc) is 2.92. The van der Waals surface area contributed by atoms with Crippen molar-refractivity contribution < 1.29 is 14.7 Å². The molecule has 1 fully saturated rings. The molecule has 5 heteroatoms. The summed E-state index contributed by atoms with van der Waals surface area (Å²) in [6, 6.07) is 8.99. The first kappa shape index (κ1) is 15.5. The quantitative estimate of drug-likeness (QED) is 0.756. The summed E-state index contributed by atoms with van der Waals surface area (Å²) in [5.41, 5.74) is 1.01. The maximum atomic E-state index is 12.0. The molecule has 2 rings (SSSR count). The van der Waals surface area contributed by atoms with E-state index in [9.17, 15) is 14.7 Å². The molecule has 0 aliphatic heterocycles. The second-order valence-corrected chi connectivity index (χ2v) is 5.54. The van der Waals surface area contributed by atoms with Crippen LogP contribution in [0, 0.1) is 5.92 Å². The van der Waals surface area contributed by atoms with E-state index in [1.54, 1.807) is 6.92 Å². The molecule has 1 saturated carbocycles. The molecular formula is C16H22N2O3. The zero-order chi connectivity index (χ0) is 15.2. The molecule has 0 saturated heterocycles. The van der Waals surface area contributed by atoms with Gasteiger partial charge in [0.15, 0.2) is 0 Å². The van der Waals surface area contributed by atoms with Crippen LogP contribution in [-0.2, 0) is 16.1 Å². The van der Waals surface area contributed by atoms with E-state index in [1.165, 1.54) is 0 Å². The molecule has 1 aromatic carbocycles. The van der Waals surface area contributed by atoms with Crippen LogP contribution in [0.3, 0.4) is 0 Å². The third-order valence-electron chi connectivity index (χ3n) is 3.88. The lowest BCUT2D eigenvalue weighted by atomic mass is 10.0. The van der Waals surface area contributed by atoms with E-state index in [2.05, 4.69) is 10.6 Å². The fourth-order valence-electron chi connectivity index (χ4n) is 2.57. The molecule has 3 atom stereocenters. The Morgan fingerprint density at radius 3 is 2.62 bits per heavy atom. The van der Waals surface area contributed by atoms with Crippen molar-refractivity contribution >= 4 is 11.8 Å². The second kappa shape index (κ2) is 7.22. The lowest BCUT2D eigenvalue weighted by Gasteiger charge is -2.18. The summed E-state index contributed by atoms with van der Waals surface area (Å²) < 4.78 is 0. The predicted octanol–water partition coefficient (Wildman–Crippen LogP) is 0.969. The van der Waals surface area contributed by atoms with Gasteiger partial charge in [-0.2, -0.15) is 0 Å². The maximum absolute atomic E-state index is 12.0. The highest BCUT2D eigenvalue weighted by Crippen LogP contribution is 2.25. The molecule has 1 aromatic rings. The number of nitrogens with one attached hydrogen (secondary N) is 2. The molecule has 2 amide bonds. The van der Waals surface area contributed by atoms with Crippen LogP contribution in [0.25, 0.3) is 0 Å². The van der Waals surface area contributed by atoms with Crippen molar-refractivity contribution in [3.05, 3.63) is 35.9 Å². The molecule has 114 valence electrons. The van der Waals surface area contributed by atoms with Gasteiger partial charge in [0.25, 0.3) is 0 Å². The summed E-state index contributed by atoms with van der Waals surface area (Å²) in [6.07, 6.45) is 1.62. The smallest absolute Gasteiger partial charge is 0.242 e. The molecule has 0 bridgehead atoms. The largest absolute Gasteiger partial charge is 0.392 e. The molecule has 3 unspecified atom stereocenters. The lowest BCUT2D eigenvalue weighted by molar-refractivity contribution is -0.132. The topological polar surface area (TPSA) is 78.4 Å².